The average Bonchev–Trinajstić information content (AvgIpc) is 2.95. The Bertz CT molecular complexity index is 836. The summed E-state index contributed by atoms with van der Waals surface area (Å²) >= 11 is 0. The first-order valence-corrected chi connectivity index (χ1v) is 6.97. The van der Waals surface area contributed by atoms with Crippen LogP contribution in [0.4, 0.5) is 0 Å². The van der Waals surface area contributed by atoms with Crippen LogP contribution in [0.2, 0.25) is 0 Å². The van der Waals surface area contributed by atoms with Crippen molar-refractivity contribution in [3.8, 4) is 18.1 Å². The number of benzene rings is 2. The monoisotopic (exact) mass is 289 g/mol. The number of oxazole rings is 1. The van der Waals surface area contributed by atoms with Gasteiger partial charge in [0.05, 0.1) is 0 Å². The van der Waals surface area contributed by atoms with E-state index >= 15 is 0 Å². The van der Waals surface area contributed by atoms with Gasteiger partial charge in [-0.2, -0.15) is 0 Å². The maximum absolute atomic E-state index is 5.65. The lowest BCUT2D eigenvalue weighted by Crippen LogP contribution is -1.95. The molecule has 0 radical (unpaired) electrons. The van der Waals surface area contributed by atoms with Crippen molar-refractivity contribution in [2.75, 3.05) is 6.61 Å². The molecule has 3 aromatic rings. The molecule has 0 atom stereocenters. The summed E-state index contributed by atoms with van der Waals surface area (Å²) in [6, 6.07) is 13.6. The van der Waals surface area contributed by atoms with E-state index in [1.165, 1.54) is 0 Å². The molecule has 0 bridgehead atoms. The van der Waals surface area contributed by atoms with E-state index in [1.54, 1.807) is 0 Å². The molecule has 0 aliphatic heterocycles. The fourth-order valence-corrected chi connectivity index (χ4v) is 2.19. The molecule has 2 aromatic carbocycles. The molecule has 3 heteroatoms. The minimum Gasteiger partial charge on any atom is -0.481 e. The van der Waals surface area contributed by atoms with Gasteiger partial charge in [-0.05, 0) is 48.4 Å². The van der Waals surface area contributed by atoms with Gasteiger partial charge < -0.3 is 9.15 Å². The molecule has 22 heavy (non-hydrogen) atoms. The first-order chi connectivity index (χ1) is 10.8. The van der Waals surface area contributed by atoms with E-state index in [0.29, 0.717) is 5.89 Å². The predicted octanol–water partition coefficient (Wildman–Crippen LogP) is 4.32. The standard InChI is InChI=1S/C19H15NO2/c1-3-12-21-17-10-8-15(13-14(17)2)9-11-19-20-16-6-4-5-7-18(16)22-19/h1,4-11,13H,12H2,2H3/b11-9+. The summed E-state index contributed by atoms with van der Waals surface area (Å²) in [5.41, 5.74) is 3.73. The normalized spacial score (nSPS) is 10.9. The lowest BCUT2D eigenvalue weighted by atomic mass is 10.1. The molecule has 3 rings (SSSR count). The Balaban J connectivity index is 1.80. The maximum atomic E-state index is 5.65. The largest absolute Gasteiger partial charge is 0.481 e. The Kier molecular flexibility index (Phi) is 3.93. The van der Waals surface area contributed by atoms with E-state index in [9.17, 15) is 0 Å². The molecule has 0 saturated heterocycles. The zero-order valence-corrected chi connectivity index (χ0v) is 12.2. The average molecular weight is 289 g/mol. The van der Waals surface area contributed by atoms with Crippen LogP contribution >= 0.6 is 0 Å². The Hall–Kier alpha value is -2.99. The molecule has 0 fully saturated rings. The van der Waals surface area contributed by atoms with Crippen molar-refractivity contribution in [1.82, 2.24) is 4.98 Å². The number of para-hydroxylation sites is 2. The molecule has 0 saturated carbocycles. The second-order valence-corrected chi connectivity index (χ2v) is 4.87. The van der Waals surface area contributed by atoms with Gasteiger partial charge in [0, 0.05) is 6.08 Å². The second-order valence-electron chi connectivity index (χ2n) is 4.87. The number of fused-ring (bicyclic) bond motifs is 1. The maximum Gasteiger partial charge on any atom is 0.220 e. The Labute approximate surface area is 129 Å². The van der Waals surface area contributed by atoms with Gasteiger partial charge in [0.2, 0.25) is 5.89 Å². The van der Waals surface area contributed by atoms with Crippen LogP contribution in [0.1, 0.15) is 17.0 Å². The second kappa shape index (κ2) is 6.19. The summed E-state index contributed by atoms with van der Waals surface area (Å²) < 4.78 is 11.1. The van der Waals surface area contributed by atoms with Crippen molar-refractivity contribution in [3.05, 3.63) is 59.5 Å². The molecule has 0 amide bonds. The number of terminal acetylenes is 1. The number of aryl methyl sites for hydroxylation is 1. The minimum absolute atomic E-state index is 0.277. The van der Waals surface area contributed by atoms with Crippen molar-refractivity contribution >= 4 is 23.3 Å². The Morgan fingerprint density at radius 2 is 2.09 bits per heavy atom. The highest BCUT2D eigenvalue weighted by Crippen LogP contribution is 2.21. The first-order valence-electron chi connectivity index (χ1n) is 6.97. The van der Waals surface area contributed by atoms with Crippen LogP contribution < -0.4 is 4.74 Å². The van der Waals surface area contributed by atoms with Crippen LogP contribution in [-0.4, -0.2) is 11.6 Å². The quantitative estimate of drug-likeness (QED) is 0.671. The smallest absolute Gasteiger partial charge is 0.220 e. The third kappa shape index (κ3) is 3.02. The Morgan fingerprint density at radius 1 is 1.23 bits per heavy atom. The molecule has 1 heterocycles. The molecule has 0 aliphatic rings. The SMILES string of the molecule is C#CCOc1ccc(/C=C/c2nc3ccccc3o2)cc1C. The summed E-state index contributed by atoms with van der Waals surface area (Å²) in [5, 5.41) is 0. The molecular weight excluding hydrogens is 274 g/mol. The zero-order valence-electron chi connectivity index (χ0n) is 12.2. The van der Waals surface area contributed by atoms with Crippen LogP contribution in [0.15, 0.2) is 46.9 Å². The third-order valence-electron chi connectivity index (χ3n) is 3.24. The first kappa shape index (κ1) is 14.0. The fourth-order valence-electron chi connectivity index (χ4n) is 2.19. The van der Waals surface area contributed by atoms with Crippen molar-refractivity contribution in [3.63, 3.8) is 0 Å². The number of hydrogen-bond acceptors (Lipinski definition) is 3. The summed E-state index contributed by atoms with van der Waals surface area (Å²) in [7, 11) is 0. The van der Waals surface area contributed by atoms with Crippen LogP contribution in [0.3, 0.4) is 0 Å². The molecule has 108 valence electrons. The van der Waals surface area contributed by atoms with Gasteiger partial charge in [0.25, 0.3) is 0 Å². The van der Waals surface area contributed by atoms with E-state index in [4.69, 9.17) is 15.6 Å². The minimum atomic E-state index is 0.277. The van der Waals surface area contributed by atoms with Crippen molar-refractivity contribution in [1.29, 1.82) is 0 Å². The molecule has 1 aromatic heterocycles. The van der Waals surface area contributed by atoms with E-state index in [0.717, 1.165) is 28.0 Å². The summed E-state index contributed by atoms with van der Waals surface area (Å²) in [6.07, 6.45) is 9.02. The highest BCUT2D eigenvalue weighted by molar-refractivity contribution is 5.76. The molecular formula is C19H15NO2. The summed E-state index contributed by atoms with van der Waals surface area (Å²) in [6.45, 7) is 2.27. The van der Waals surface area contributed by atoms with Crippen molar-refractivity contribution in [2.24, 2.45) is 0 Å². The summed E-state index contributed by atoms with van der Waals surface area (Å²) in [4.78, 5) is 4.41. The molecule has 0 N–H and O–H groups in total. The number of nitrogens with zero attached hydrogens (tertiary/aromatic N) is 1. The van der Waals surface area contributed by atoms with E-state index in [2.05, 4.69) is 10.9 Å². The molecule has 0 unspecified atom stereocenters. The topological polar surface area (TPSA) is 35.3 Å². The van der Waals surface area contributed by atoms with Gasteiger partial charge in [-0.25, -0.2) is 4.98 Å². The highest BCUT2D eigenvalue weighted by Gasteiger charge is 2.02. The lowest BCUT2D eigenvalue weighted by molar-refractivity contribution is 0.368. The molecule has 3 nitrogen and oxygen atoms in total. The van der Waals surface area contributed by atoms with Gasteiger partial charge in [-0.3, -0.25) is 0 Å². The Morgan fingerprint density at radius 3 is 2.86 bits per heavy atom. The van der Waals surface area contributed by atoms with Gasteiger partial charge in [-0.1, -0.05) is 24.1 Å². The summed E-state index contributed by atoms with van der Waals surface area (Å²) in [5.74, 6) is 3.85. The van der Waals surface area contributed by atoms with Gasteiger partial charge in [0.15, 0.2) is 5.58 Å². The molecule has 0 spiro atoms. The van der Waals surface area contributed by atoms with Gasteiger partial charge in [0.1, 0.15) is 17.9 Å². The van der Waals surface area contributed by atoms with Crippen LogP contribution in [-0.2, 0) is 0 Å². The highest BCUT2D eigenvalue weighted by atomic mass is 16.5. The van der Waals surface area contributed by atoms with Crippen LogP contribution in [0.5, 0.6) is 5.75 Å². The predicted molar refractivity (Wildman–Crippen MR) is 88.4 cm³/mol. The fraction of sp³-hybridized carbons (Fsp3) is 0.105. The number of rotatable bonds is 4. The van der Waals surface area contributed by atoms with Crippen LogP contribution in [0.25, 0.3) is 23.3 Å². The van der Waals surface area contributed by atoms with Crippen molar-refractivity contribution < 1.29 is 9.15 Å². The molecule has 0 aliphatic carbocycles. The van der Waals surface area contributed by atoms with E-state index in [1.807, 2.05) is 61.5 Å². The number of ether oxygens (including phenoxy) is 1. The number of hydrogen-bond donors (Lipinski definition) is 0. The van der Waals surface area contributed by atoms with E-state index in [-0.39, 0.29) is 6.61 Å². The van der Waals surface area contributed by atoms with Gasteiger partial charge >= 0.3 is 0 Å². The van der Waals surface area contributed by atoms with Gasteiger partial charge in [-0.15, -0.1) is 6.42 Å². The third-order valence-corrected chi connectivity index (χ3v) is 3.24. The van der Waals surface area contributed by atoms with E-state index < -0.39 is 0 Å². The van der Waals surface area contributed by atoms with Crippen LogP contribution in [0, 0.1) is 19.3 Å². The lowest BCUT2D eigenvalue weighted by Gasteiger charge is -2.06. The zero-order chi connectivity index (χ0) is 15.4. The number of aromatic nitrogens is 1. The van der Waals surface area contributed by atoms with Crippen molar-refractivity contribution in [2.45, 2.75) is 6.92 Å².